The summed E-state index contributed by atoms with van der Waals surface area (Å²) in [6.45, 7) is 13.2. The van der Waals surface area contributed by atoms with Gasteiger partial charge in [0.15, 0.2) is 0 Å². The minimum absolute atomic E-state index is 0.362. The van der Waals surface area contributed by atoms with Crippen LogP contribution in [0.4, 0.5) is 0 Å². The van der Waals surface area contributed by atoms with Crippen LogP contribution < -0.4 is 0 Å². The molecule has 1 nitrogen and oxygen atoms in total. The fourth-order valence-electron chi connectivity index (χ4n) is 1.85. The van der Waals surface area contributed by atoms with Gasteiger partial charge in [-0.2, -0.15) is 0 Å². The van der Waals surface area contributed by atoms with Gasteiger partial charge in [0.2, 0.25) is 0 Å². The number of hydrogen-bond donors (Lipinski definition) is 0. The van der Waals surface area contributed by atoms with Gasteiger partial charge in [0.1, 0.15) is 0 Å². The highest BCUT2D eigenvalue weighted by molar-refractivity contribution is 4.68. The average Bonchev–Trinajstić information content (AvgIpc) is 2.16. The second kappa shape index (κ2) is 9.04. The molecule has 0 amide bonds. The fraction of sp³-hybridized carbons (Fsp3) is 1.00. The van der Waals surface area contributed by atoms with Crippen molar-refractivity contribution in [3.8, 4) is 0 Å². The maximum Gasteiger partial charge on any atom is 0.0517 e. The van der Waals surface area contributed by atoms with Crippen LogP contribution in [0.15, 0.2) is 0 Å². The standard InChI is InChI=1S/C15H32O/c1-6-7-8-9-10-11-15(4,5)13-16-12-14(2)3/h14H,6-13H2,1-5H3. The van der Waals surface area contributed by atoms with E-state index >= 15 is 0 Å². The molecule has 0 heterocycles. The zero-order valence-electron chi connectivity index (χ0n) is 12.1. The topological polar surface area (TPSA) is 9.23 Å². The van der Waals surface area contributed by atoms with Crippen LogP contribution in [0.5, 0.6) is 0 Å². The fourth-order valence-corrected chi connectivity index (χ4v) is 1.85. The largest absolute Gasteiger partial charge is 0.381 e. The number of rotatable bonds is 10. The van der Waals surface area contributed by atoms with Crippen LogP contribution in [0.3, 0.4) is 0 Å². The van der Waals surface area contributed by atoms with Gasteiger partial charge >= 0.3 is 0 Å². The van der Waals surface area contributed by atoms with E-state index in [-0.39, 0.29) is 0 Å². The summed E-state index contributed by atoms with van der Waals surface area (Å²) in [5.74, 6) is 0.653. The van der Waals surface area contributed by atoms with Crippen molar-refractivity contribution in [1.29, 1.82) is 0 Å². The van der Waals surface area contributed by atoms with Gasteiger partial charge in [0, 0.05) is 6.61 Å². The molecule has 0 N–H and O–H groups in total. The van der Waals surface area contributed by atoms with Gasteiger partial charge < -0.3 is 4.74 Å². The van der Waals surface area contributed by atoms with Crippen LogP contribution in [0, 0.1) is 11.3 Å². The van der Waals surface area contributed by atoms with E-state index in [9.17, 15) is 0 Å². The predicted molar refractivity (Wildman–Crippen MR) is 72.8 cm³/mol. The monoisotopic (exact) mass is 228 g/mol. The molecule has 0 saturated heterocycles. The molecular weight excluding hydrogens is 196 g/mol. The van der Waals surface area contributed by atoms with Crippen molar-refractivity contribution in [3.63, 3.8) is 0 Å². The molecule has 0 atom stereocenters. The SMILES string of the molecule is CCCCCCCC(C)(C)COCC(C)C. The molecule has 0 fully saturated rings. The Morgan fingerprint density at radius 3 is 2.19 bits per heavy atom. The van der Waals surface area contributed by atoms with Gasteiger partial charge in [0.25, 0.3) is 0 Å². The van der Waals surface area contributed by atoms with E-state index in [0.717, 1.165) is 13.2 Å². The lowest BCUT2D eigenvalue weighted by molar-refractivity contribution is 0.0416. The lowest BCUT2D eigenvalue weighted by Crippen LogP contribution is -2.20. The number of ether oxygens (including phenoxy) is 1. The van der Waals surface area contributed by atoms with Crippen LogP contribution in [0.25, 0.3) is 0 Å². The molecule has 0 spiro atoms. The first kappa shape index (κ1) is 16.0. The molecule has 0 rings (SSSR count). The van der Waals surface area contributed by atoms with Crippen molar-refractivity contribution in [3.05, 3.63) is 0 Å². The van der Waals surface area contributed by atoms with Crippen LogP contribution in [-0.2, 0) is 4.74 Å². The second-order valence-corrected chi connectivity index (χ2v) is 6.24. The zero-order valence-corrected chi connectivity index (χ0v) is 12.1. The van der Waals surface area contributed by atoms with Gasteiger partial charge in [-0.25, -0.2) is 0 Å². The first-order valence-corrected chi connectivity index (χ1v) is 7.05. The number of hydrogen-bond acceptors (Lipinski definition) is 1. The van der Waals surface area contributed by atoms with Gasteiger partial charge in [-0.15, -0.1) is 0 Å². The van der Waals surface area contributed by atoms with Crippen LogP contribution in [-0.4, -0.2) is 13.2 Å². The Hall–Kier alpha value is -0.0400. The molecule has 0 aromatic carbocycles. The highest BCUT2D eigenvalue weighted by Gasteiger charge is 2.17. The van der Waals surface area contributed by atoms with E-state index in [1.54, 1.807) is 0 Å². The van der Waals surface area contributed by atoms with Gasteiger partial charge in [-0.05, 0) is 17.8 Å². The van der Waals surface area contributed by atoms with E-state index in [0.29, 0.717) is 11.3 Å². The molecule has 0 aromatic heterocycles. The predicted octanol–water partition coefficient (Wildman–Crippen LogP) is 5.05. The Kier molecular flexibility index (Phi) is 9.02. The van der Waals surface area contributed by atoms with Crippen molar-refractivity contribution < 1.29 is 4.74 Å². The second-order valence-electron chi connectivity index (χ2n) is 6.24. The van der Waals surface area contributed by atoms with Crippen molar-refractivity contribution in [1.82, 2.24) is 0 Å². The van der Waals surface area contributed by atoms with Gasteiger partial charge in [-0.1, -0.05) is 66.7 Å². The highest BCUT2D eigenvalue weighted by atomic mass is 16.5. The first-order valence-electron chi connectivity index (χ1n) is 7.05. The summed E-state index contributed by atoms with van der Waals surface area (Å²) in [6, 6.07) is 0. The third kappa shape index (κ3) is 10.5. The highest BCUT2D eigenvalue weighted by Crippen LogP contribution is 2.24. The summed E-state index contributed by atoms with van der Waals surface area (Å²) in [7, 11) is 0. The van der Waals surface area contributed by atoms with Gasteiger partial charge in [0.05, 0.1) is 6.61 Å². The molecule has 16 heavy (non-hydrogen) atoms. The van der Waals surface area contributed by atoms with Crippen molar-refractivity contribution in [2.75, 3.05) is 13.2 Å². The van der Waals surface area contributed by atoms with E-state index in [1.807, 2.05) is 0 Å². The summed E-state index contributed by atoms with van der Waals surface area (Å²) in [5.41, 5.74) is 0.362. The molecule has 0 unspecified atom stereocenters. The maximum atomic E-state index is 5.74. The summed E-state index contributed by atoms with van der Waals surface area (Å²) in [6.07, 6.45) is 8.18. The van der Waals surface area contributed by atoms with Crippen molar-refractivity contribution >= 4 is 0 Å². The van der Waals surface area contributed by atoms with Crippen molar-refractivity contribution in [2.45, 2.75) is 73.1 Å². The maximum absolute atomic E-state index is 5.74. The molecule has 0 aromatic rings. The lowest BCUT2D eigenvalue weighted by Gasteiger charge is -2.25. The zero-order chi connectivity index (χ0) is 12.4. The van der Waals surface area contributed by atoms with Gasteiger partial charge in [-0.3, -0.25) is 0 Å². The molecule has 0 saturated carbocycles. The average molecular weight is 228 g/mol. The Balaban J connectivity index is 3.46. The molecule has 0 aliphatic rings. The Morgan fingerprint density at radius 1 is 1.00 bits per heavy atom. The quantitative estimate of drug-likeness (QED) is 0.476. The molecule has 0 aliphatic heterocycles. The summed E-state index contributed by atoms with van der Waals surface area (Å²) >= 11 is 0. The lowest BCUT2D eigenvalue weighted by atomic mass is 9.87. The summed E-state index contributed by atoms with van der Waals surface area (Å²) in [4.78, 5) is 0. The minimum atomic E-state index is 0.362. The molecule has 0 aliphatic carbocycles. The molecule has 1 heteroatoms. The van der Waals surface area contributed by atoms with E-state index in [2.05, 4.69) is 34.6 Å². The first-order chi connectivity index (χ1) is 7.48. The minimum Gasteiger partial charge on any atom is -0.381 e. The third-order valence-corrected chi connectivity index (χ3v) is 2.90. The third-order valence-electron chi connectivity index (χ3n) is 2.90. The Morgan fingerprint density at radius 2 is 1.62 bits per heavy atom. The Bertz CT molecular complexity index is 150. The molecule has 0 radical (unpaired) electrons. The molecular formula is C15H32O. The van der Waals surface area contributed by atoms with Crippen LogP contribution in [0.1, 0.15) is 73.1 Å². The summed E-state index contributed by atoms with van der Waals surface area (Å²) < 4.78 is 5.74. The van der Waals surface area contributed by atoms with Crippen molar-refractivity contribution in [2.24, 2.45) is 11.3 Å². The van der Waals surface area contributed by atoms with E-state index in [1.165, 1.54) is 38.5 Å². The Labute approximate surface area is 103 Å². The normalized spacial score (nSPS) is 12.4. The molecule has 0 bridgehead atoms. The smallest absolute Gasteiger partial charge is 0.0517 e. The van der Waals surface area contributed by atoms with Crippen LogP contribution in [0.2, 0.25) is 0 Å². The van der Waals surface area contributed by atoms with E-state index in [4.69, 9.17) is 4.74 Å². The summed E-state index contributed by atoms with van der Waals surface area (Å²) in [5, 5.41) is 0. The molecule has 98 valence electrons. The number of unbranched alkanes of at least 4 members (excludes halogenated alkanes) is 4. The van der Waals surface area contributed by atoms with Crippen LogP contribution >= 0.6 is 0 Å². The van der Waals surface area contributed by atoms with E-state index < -0.39 is 0 Å².